The third-order valence-electron chi connectivity index (χ3n) is 2.08. The number of nitro groups is 1. The number of furan rings is 1. The van der Waals surface area contributed by atoms with Gasteiger partial charge in [-0.2, -0.15) is 4.98 Å². The molecule has 2 rings (SSSR count). The van der Waals surface area contributed by atoms with Gasteiger partial charge in [0.15, 0.2) is 11.5 Å². The lowest BCUT2D eigenvalue weighted by Crippen LogP contribution is -2.06. The van der Waals surface area contributed by atoms with Crippen molar-refractivity contribution < 1.29 is 9.34 Å². The molecular weight excluding hydrogens is 226 g/mol. The van der Waals surface area contributed by atoms with Crippen LogP contribution in [0.2, 0.25) is 0 Å². The number of hydrogen-bond acceptors (Lipinski definition) is 7. The largest absolute Gasteiger partial charge is 0.459 e. The summed E-state index contributed by atoms with van der Waals surface area (Å²) in [7, 11) is 0. The average molecular weight is 235 g/mol. The Morgan fingerprint density at radius 1 is 1.35 bits per heavy atom. The van der Waals surface area contributed by atoms with Crippen LogP contribution in [0.1, 0.15) is 5.76 Å². The van der Waals surface area contributed by atoms with Crippen molar-refractivity contribution in [3.8, 4) is 11.5 Å². The first kappa shape index (κ1) is 10.9. The first-order chi connectivity index (χ1) is 7.99. The highest BCUT2D eigenvalue weighted by atomic mass is 16.6. The van der Waals surface area contributed by atoms with Gasteiger partial charge in [0.1, 0.15) is 5.76 Å². The number of nitrogens with two attached hydrogens (primary N) is 2. The smallest absolute Gasteiger partial charge is 0.340 e. The molecule has 17 heavy (non-hydrogen) atoms. The molecule has 0 saturated carbocycles. The number of hydrogen-bond donors (Lipinski definition) is 2. The van der Waals surface area contributed by atoms with Crippen LogP contribution in [0.3, 0.4) is 0 Å². The lowest BCUT2D eigenvalue weighted by molar-refractivity contribution is -0.383. The van der Waals surface area contributed by atoms with Gasteiger partial charge in [0.2, 0.25) is 11.8 Å². The maximum absolute atomic E-state index is 10.9. The fourth-order valence-electron chi connectivity index (χ4n) is 1.40. The Labute approximate surface area is 95.4 Å². The van der Waals surface area contributed by atoms with Crippen molar-refractivity contribution in [2.24, 2.45) is 0 Å². The Bertz CT molecular complexity index is 592. The van der Waals surface area contributed by atoms with Gasteiger partial charge in [0.05, 0.1) is 4.92 Å². The van der Waals surface area contributed by atoms with Gasteiger partial charge in [0.25, 0.3) is 0 Å². The van der Waals surface area contributed by atoms with E-state index in [4.69, 9.17) is 15.9 Å². The molecule has 0 aromatic carbocycles. The van der Waals surface area contributed by atoms with Crippen LogP contribution in [-0.4, -0.2) is 14.9 Å². The quantitative estimate of drug-likeness (QED) is 0.588. The second kappa shape index (κ2) is 3.74. The molecule has 2 aromatic rings. The zero-order valence-corrected chi connectivity index (χ0v) is 8.88. The molecule has 0 radical (unpaired) electrons. The molecular formula is C9H9N5O3. The summed E-state index contributed by atoms with van der Waals surface area (Å²) in [4.78, 5) is 17.6. The molecule has 2 aromatic heterocycles. The second-order valence-electron chi connectivity index (χ2n) is 3.33. The minimum absolute atomic E-state index is 0.0203. The number of aromatic nitrogens is 2. The van der Waals surface area contributed by atoms with Crippen LogP contribution < -0.4 is 11.5 Å². The third-order valence-corrected chi connectivity index (χ3v) is 2.08. The first-order valence-corrected chi connectivity index (χ1v) is 4.63. The fraction of sp³-hybridized carbons (Fsp3) is 0.111. The summed E-state index contributed by atoms with van der Waals surface area (Å²) >= 11 is 0. The summed E-state index contributed by atoms with van der Waals surface area (Å²) < 4.78 is 5.26. The lowest BCUT2D eigenvalue weighted by Gasteiger charge is -2.02. The van der Waals surface area contributed by atoms with Crippen molar-refractivity contribution in [1.29, 1.82) is 0 Å². The number of rotatable bonds is 2. The maximum atomic E-state index is 10.9. The summed E-state index contributed by atoms with van der Waals surface area (Å²) in [6.45, 7) is 1.71. The Morgan fingerprint density at radius 2 is 2.06 bits per heavy atom. The first-order valence-electron chi connectivity index (χ1n) is 4.63. The van der Waals surface area contributed by atoms with E-state index in [9.17, 15) is 10.1 Å². The molecule has 8 nitrogen and oxygen atoms in total. The number of nitrogens with zero attached hydrogens (tertiary/aromatic N) is 3. The summed E-state index contributed by atoms with van der Waals surface area (Å²) in [6, 6.07) is 3.22. The second-order valence-corrected chi connectivity index (χ2v) is 3.33. The van der Waals surface area contributed by atoms with E-state index >= 15 is 0 Å². The van der Waals surface area contributed by atoms with Gasteiger partial charge in [-0.3, -0.25) is 10.1 Å². The number of nitrogen functional groups attached to an aromatic ring is 2. The molecule has 0 aliphatic rings. The highest BCUT2D eigenvalue weighted by molar-refractivity contribution is 5.74. The summed E-state index contributed by atoms with van der Waals surface area (Å²) in [5.74, 6) is 0.406. The van der Waals surface area contributed by atoms with Crippen LogP contribution in [-0.2, 0) is 0 Å². The SMILES string of the molecule is Cc1ccc(-c2nc(N)nc(N)c2[N+](=O)[O-])o1. The van der Waals surface area contributed by atoms with E-state index < -0.39 is 10.6 Å². The highest BCUT2D eigenvalue weighted by Crippen LogP contribution is 2.33. The standard InChI is InChI=1S/C9H9N5O3/c1-4-2-3-5(17-4)6-7(14(15)16)8(10)13-9(11)12-6/h2-3H,1H3,(H4,10,11,12,13). The zero-order chi connectivity index (χ0) is 12.6. The van der Waals surface area contributed by atoms with E-state index in [1.165, 1.54) is 0 Å². The van der Waals surface area contributed by atoms with E-state index in [0.29, 0.717) is 5.76 Å². The number of aryl methyl sites for hydroxylation is 1. The van der Waals surface area contributed by atoms with Crippen molar-refractivity contribution >= 4 is 17.5 Å². The third kappa shape index (κ3) is 1.87. The monoisotopic (exact) mass is 235 g/mol. The van der Waals surface area contributed by atoms with Crippen LogP contribution in [0, 0.1) is 17.0 Å². The predicted molar refractivity (Wildman–Crippen MR) is 60.0 cm³/mol. The Morgan fingerprint density at radius 3 is 2.59 bits per heavy atom. The maximum Gasteiger partial charge on any atom is 0.340 e. The van der Waals surface area contributed by atoms with Crippen molar-refractivity contribution in [1.82, 2.24) is 9.97 Å². The molecule has 0 aliphatic carbocycles. The minimum atomic E-state index is -0.665. The minimum Gasteiger partial charge on any atom is -0.459 e. The van der Waals surface area contributed by atoms with Gasteiger partial charge in [0, 0.05) is 0 Å². The molecule has 0 amide bonds. The molecule has 0 bridgehead atoms. The summed E-state index contributed by atoms with van der Waals surface area (Å²) in [5.41, 5.74) is 10.4. The van der Waals surface area contributed by atoms with Crippen LogP contribution in [0.4, 0.5) is 17.5 Å². The molecule has 0 spiro atoms. The van der Waals surface area contributed by atoms with Crippen LogP contribution in [0.15, 0.2) is 16.5 Å². The van der Waals surface area contributed by atoms with Gasteiger partial charge in [-0.1, -0.05) is 0 Å². The molecule has 0 saturated heterocycles. The highest BCUT2D eigenvalue weighted by Gasteiger charge is 2.25. The van der Waals surface area contributed by atoms with Crippen LogP contribution in [0.5, 0.6) is 0 Å². The zero-order valence-electron chi connectivity index (χ0n) is 8.88. The van der Waals surface area contributed by atoms with Gasteiger partial charge in [-0.15, -0.1) is 0 Å². The Balaban J connectivity index is 2.71. The molecule has 0 aliphatic heterocycles. The number of anilines is 2. The lowest BCUT2D eigenvalue weighted by atomic mass is 10.2. The van der Waals surface area contributed by atoms with Crippen molar-refractivity contribution in [2.45, 2.75) is 6.92 Å². The molecule has 0 atom stereocenters. The van der Waals surface area contributed by atoms with Crippen molar-refractivity contribution in [3.05, 3.63) is 28.0 Å². The average Bonchev–Trinajstić information content (AvgIpc) is 2.62. The van der Waals surface area contributed by atoms with Gasteiger partial charge in [-0.05, 0) is 19.1 Å². The predicted octanol–water partition coefficient (Wildman–Crippen LogP) is 1.12. The van der Waals surface area contributed by atoms with E-state index in [1.54, 1.807) is 19.1 Å². The van der Waals surface area contributed by atoms with Crippen molar-refractivity contribution in [2.75, 3.05) is 11.5 Å². The van der Waals surface area contributed by atoms with Gasteiger partial charge >= 0.3 is 5.69 Å². The molecule has 2 heterocycles. The summed E-state index contributed by atoms with van der Waals surface area (Å²) in [5, 5.41) is 10.9. The van der Waals surface area contributed by atoms with E-state index in [0.717, 1.165) is 0 Å². The molecule has 0 fully saturated rings. The van der Waals surface area contributed by atoms with Gasteiger partial charge < -0.3 is 15.9 Å². The topological polar surface area (TPSA) is 134 Å². The molecule has 0 unspecified atom stereocenters. The van der Waals surface area contributed by atoms with E-state index in [1.807, 2.05) is 0 Å². The fourth-order valence-corrected chi connectivity index (χ4v) is 1.40. The van der Waals surface area contributed by atoms with Crippen LogP contribution >= 0.6 is 0 Å². The molecule has 88 valence electrons. The van der Waals surface area contributed by atoms with Crippen LogP contribution in [0.25, 0.3) is 11.5 Å². The molecule has 4 N–H and O–H groups in total. The summed E-state index contributed by atoms with van der Waals surface area (Å²) in [6.07, 6.45) is 0. The van der Waals surface area contributed by atoms with E-state index in [-0.39, 0.29) is 23.2 Å². The van der Waals surface area contributed by atoms with E-state index in [2.05, 4.69) is 9.97 Å². The Hall–Kier alpha value is -2.64. The molecule has 8 heteroatoms. The van der Waals surface area contributed by atoms with Gasteiger partial charge in [-0.25, -0.2) is 4.98 Å². The normalized spacial score (nSPS) is 10.4. The van der Waals surface area contributed by atoms with Crippen molar-refractivity contribution in [3.63, 3.8) is 0 Å². The Kier molecular flexibility index (Phi) is 2.39.